The van der Waals surface area contributed by atoms with Gasteiger partial charge in [0.2, 0.25) is 5.95 Å². The topological polar surface area (TPSA) is 41.1 Å². The summed E-state index contributed by atoms with van der Waals surface area (Å²) in [6.45, 7) is 10.2. The number of hydrogen-bond acceptors (Lipinski definition) is 4. The van der Waals surface area contributed by atoms with Crippen LogP contribution in [0.1, 0.15) is 34.1 Å². The lowest BCUT2D eigenvalue weighted by molar-refractivity contribution is 0.661. The summed E-state index contributed by atoms with van der Waals surface area (Å²) in [6.07, 6.45) is 2.72. The number of hydrogen-bond donors (Lipinski definition) is 1. The molecule has 0 bridgehead atoms. The van der Waals surface area contributed by atoms with E-state index in [9.17, 15) is 0 Å². The van der Waals surface area contributed by atoms with Gasteiger partial charge in [-0.25, -0.2) is 4.98 Å². The van der Waals surface area contributed by atoms with Gasteiger partial charge in [-0.15, -0.1) is 0 Å². The van der Waals surface area contributed by atoms with Crippen LogP contribution in [-0.2, 0) is 0 Å². The zero-order chi connectivity index (χ0) is 12.8. The summed E-state index contributed by atoms with van der Waals surface area (Å²) in [5.74, 6) is 1.45. The first kappa shape index (κ1) is 14.0. The highest BCUT2D eigenvalue weighted by Crippen LogP contribution is 2.25. The molecule has 0 saturated heterocycles. The van der Waals surface area contributed by atoms with Crippen molar-refractivity contribution < 1.29 is 0 Å². The molecule has 1 aromatic rings. The summed E-state index contributed by atoms with van der Waals surface area (Å²) in [4.78, 5) is 10.8. The molecule has 0 aliphatic heterocycles. The first-order valence-electron chi connectivity index (χ1n) is 6.13. The Hall–Kier alpha value is -1.03. The molecule has 0 fully saturated rings. The standard InChI is InChI=1S/C12H21ClN4/c1-5-7-17(9(3)4)11-10(13)8-15-12(16-11)14-6-2/h8-9H,5-7H2,1-4H3,(H,14,15,16). The van der Waals surface area contributed by atoms with Crippen LogP contribution in [0.4, 0.5) is 11.8 Å². The van der Waals surface area contributed by atoms with E-state index in [-0.39, 0.29) is 0 Å². The molecule has 1 aromatic heterocycles. The van der Waals surface area contributed by atoms with E-state index in [0.29, 0.717) is 17.0 Å². The second-order valence-corrected chi connectivity index (χ2v) is 4.59. The summed E-state index contributed by atoms with van der Waals surface area (Å²) in [6, 6.07) is 0.372. The van der Waals surface area contributed by atoms with Gasteiger partial charge in [0, 0.05) is 19.1 Å². The molecule has 0 aliphatic carbocycles. The van der Waals surface area contributed by atoms with E-state index in [1.165, 1.54) is 0 Å². The molecule has 1 N–H and O–H groups in total. The summed E-state index contributed by atoms with van der Waals surface area (Å²) in [5.41, 5.74) is 0. The van der Waals surface area contributed by atoms with E-state index in [1.54, 1.807) is 6.20 Å². The Labute approximate surface area is 108 Å². The number of rotatable bonds is 6. The molecule has 4 nitrogen and oxygen atoms in total. The molecule has 0 spiro atoms. The van der Waals surface area contributed by atoms with Crippen molar-refractivity contribution in [2.45, 2.75) is 40.2 Å². The first-order chi connectivity index (χ1) is 8.10. The van der Waals surface area contributed by atoms with Gasteiger partial charge in [-0.2, -0.15) is 4.98 Å². The summed E-state index contributed by atoms with van der Waals surface area (Å²) in [7, 11) is 0. The van der Waals surface area contributed by atoms with Crippen LogP contribution in [0.15, 0.2) is 6.20 Å². The summed E-state index contributed by atoms with van der Waals surface area (Å²) < 4.78 is 0. The maximum atomic E-state index is 6.18. The van der Waals surface area contributed by atoms with Crippen LogP contribution in [0.3, 0.4) is 0 Å². The van der Waals surface area contributed by atoms with Crippen LogP contribution in [-0.4, -0.2) is 29.1 Å². The molecule has 0 aliphatic rings. The molecular formula is C12H21ClN4. The van der Waals surface area contributed by atoms with Crippen LogP contribution >= 0.6 is 11.6 Å². The van der Waals surface area contributed by atoms with E-state index < -0.39 is 0 Å². The van der Waals surface area contributed by atoms with Crippen molar-refractivity contribution in [1.82, 2.24) is 9.97 Å². The Bertz CT molecular complexity index is 354. The van der Waals surface area contributed by atoms with E-state index in [2.05, 4.69) is 41.0 Å². The zero-order valence-corrected chi connectivity index (χ0v) is 11.8. The molecule has 5 heteroatoms. The fourth-order valence-electron chi connectivity index (χ4n) is 1.65. The Morgan fingerprint density at radius 1 is 1.41 bits per heavy atom. The Morgan fingerprint density at radius 2 is 2.12 bits per heavy atom. The molecule has 1 rings (SSSR count). The number of nitrogens with zero attached hydrogens (tertiary/aromatic N) is 3. The van der Waals surface area contributed by atoms with E-state index in [4.69, 9.17) is 11.6 Å². The predicted octanol–water partition coefficient (Wildman–Crippen LogP) is 3.19. The van der Waals surface area contributed by atoms with Gasteiger partial charge in [0.25, 0.3) is 0 Å². The molecule has 0 radical (unpaired) electrons. The first-order valence-corrected chi connectivity index (χ1v) is 6.51. The van der Waals surface area contributed by atoms with Crippen molar-refractivity contribution in [1.29, 1.82) is 0 Å². The number of halogens is 1. The SMILES string of the molecule is CCCN(c1nc(NCC)ncc1Cl)C(C)C. The van der Waals surface area contributed by atoms with E-state index >= 15 is 0 Å². The highest BCUT2D eigenvalue weighted by molar-refractivity contribution is 6.32. The minimum atomic E-state index is 0.372. The van der Waals surface area contributed by atoms with E-state index in [1.807, 2.05) is 6.92 Å². The average Bonchev–Trinajstić information content (AvgIpc) is 2.29. The fraction of sp³-hybridized carbons (Fsp3) is 0.667. The Balaban J connectivity index is 3.03. The quantitative estimate of drug-likeness (QED) is 0.849. The van der Waals surface area contributed by atoms with Crippen molar-refractivity contribution in [3.05, 3.63) is 11.2 Å². The van der Waals surface area contributed by atoms with Crippen LogP contribution in [0.5, 0.6) is 0 Å². The van der Waals surface area contributed by atoms with Crippen molar-refractivity contribution in [2.24, 2.45) is 0 Å². The van der Waals surface area contributed by atoms with Gasteiger partial charge in [-0.1, -0.05) is 18.5 Å². The zero-order valence-electron chi connectivity index (χ0n) is 11.0. The second-order valence-electron chi connectivity index (χ2n) is 4.18. The number of aromatic nitrogens is 2. The van der Waals surface area contributed by atoms with Crippen molar-refractivity contribution in [2.75, 3.05) is 23.3 Å². The highest BCUT2D eigenvalue weighted by Gasteiger charge is 2.15. The van der Waals surface area contributed by atoms with Gasteiger partial charge >= 0.3 is 0 Å². The Morgan fingerprint density at radius 3 is 2.65 bits per heavy atom. The maximum Gasteiger partial charge on any atom is 0.224 e. The van der Waals surface area contributed by atoms with Gasteiger partial charge in [0.15, 0.2) is 5.82 Å². The summed E-state index contributed by atoms with van der Waals surface area (Å²) in [5, 5.41) is 3.71. The lowest BCUT2D eigenvalue weighted by atomic mass is 10.3. The number of nitrogens with one attached hydrogen (secondary N) is 1. The largest absolute Gasteiger partial charge is 0.354 e. The third kappa shape index (κ3) is 3.73. The fourth-order valence-corrected chi connectivity index (χ4v) is 1.85. The molecule has 0 atom stereocenters. The third-order valence-electron chi connectivity index (χ3n) is 2.42. The molecule has 1 heterocycles. The second kappa shape index (κ2) is 6.64. The van der Waals surface area contributed by atoms with E-state index in [0.717, 1.165) is 25.3 Å². The molecule has 0 unspecified atom stereocenters. The predicted molar refractivity (Wildman–Crippen MR) is 74.0 cm³/mol. The number of anilines is 2. The van der Waals surface area contributed by atoms with Crippen LogP contribution in [0.2, 0.25) is 5.02 Å². The summed E-state index contributed by atoms with van der Waals surface area (Å²) >= 11 is 6.18. The molecule has 0 aromatic carbocycles. The average molecular weight is 257 g/mol. The normalized spacial score (nSPS) is 10.7. The van der Waals surface area contributed by atoms with Crippen molar-refractivity contribution in [3.63, 3.8) is 0 Å². The van der Waals surface area contributed by atoms with Crippen LogP contribution in [0, 0.1) is 0 Å². The van der Waals surface area contributed by atoms with Crippen LogP contribution in [0.25, 0.3) is 0 Å². The molecule has 17 heavy (non-hydrogen) atoms. The molecule has 0 amide bonds. The van der Waals surface area contributed by atoms with Gasteiger partial charge in [-0.05, 0) is 27.2 Å². The third-order valence-corrected chi connectivity index (χ3v) is 2.69. The van der Waals surface area contributed by atoms with Gasteiger partial charge in [0.1, 0.15) is 5.02 Å². The monoisotopic (exact) mass is 256 g/mol. The van der Waals surface area contributed by atoms with Gasteiger partial charge < -0.3 is 10.2 Å². The minimum Gasteiger partial charge on any atom is -0.354 e. The van der Waals surface area contributed by atoms with Crippen molar-refractivity contribution >= 4 is 23.4 Å². The maximum absolute atomic E-state index is 6.18. The van der Waals surface area contributed by atoms with Gasteiger partial charge in [-0.3, -0.25) is 0 Å². The molecule has 0 saturated carbocycles. The smallest absolute Gasteiger partial charge is 0.224 e. The lowest BCUT2D eigenvalue weighted by Crippen LogP contribution is -2.32. The van der Waals surface area contributed by atoms with Crippen molar-refractivity contribution in [3.8, 4) is 0 Å². The molecule has 96 valence electrons. The lowest BCUT2D eigenvalue weighted by Gasteiger charge is -2.28. The van der Waals surface area contributed by atoms with Crippen LogP contribution < -0.4 is 10.2 Å². The Kier molecular flexibility index (Phi) is 5.48. The van der Waals surface area contributed by atoms with Gasteiger partial charge in [0.05, 0.1) is 6.20 Å². The molecular weight excluding hydrogens is 236 g/mol. The minimum absolute atomic E-state index is 0.372. The highest BCUT2D eigenvalue weighted by atomic mass is 35.5.